The molecule has 0 spiro atoms. The lowest BCUT2D eigenvalue weighted by atomic mass is 9.95. The van der Waals surface area contributed by atoms with Gasteiger partial charge in [-0.05, 0) is 18.3 Å². The zero-order chi connectivity index (χ0) is 7.28. The van der Waals surface area contributed by atoms with Crippen LogP contribution in [0.25, 0.3) is 0 Å². The van der Waals surface area contributed by atoms with Gasteiger partial charge in [-0.3, -0.25) is 0 Å². The Balaban J connectivity index is 3.15. The van der Waals surface area contributed by atoms with Crippen molar-refractivity contribution in [2.45, 2.75) is 40.0 Å². The summed E-state index contributed by atoms with van der Waals surface area (Å²) in [6.45, 7) is 10.5. The number of hydrogen-bond donors (Lipinski definition) is 0. The fraction of sp³-hybridized carbons (Fsp3) is 0.778. The van der Waals surface area contributed by atoms with Crippen LogP contribution in [-0.4, -0.2) is 0 Å². The number of rotatable bonds is 4. The Morgan fingerprint density at radius 2 is 2.00 bits per heavy atom. The van der Waals surface area contributed by atoms with Gasteiger partial charge in [0, 0.05) is 0 Å². The highest BCUT2D eigenvalue weighted by molar-refractivity contribution is 4.79. The Kier molecular flexibility index (Phi) is 4.84. The van der Waals surface area contributed by atoms with Gasteiger partial charge in [-0.1, -0.05) is 40.5 Å². The lowest BCUT2D eigenvalue weighted by Crippen LogP contribution is -1.97. The minimum atomic E-state index is 0.840. The van der Waals surface area contributed by atoms with Crippen molar-refractivity contribution >= 4 is 0 Å². The lowest BCUT2D eigenvalue weighted by Gasteiger charge is -2.11. The molecule has 0 heterocycles. The normalized spacial score (nSPS) is 14.3. The molecule has 0 heteroatoms. The van der Waals surface area contributed by atoms with Crippen LogP contribution in [0.5, 0.6) is 0 Å². The van der Waals surface area contributed by atoms with Crippen LogP contribution in [0.15, 0.2) is 0 Å². The van der Waals surface area contributed by atoms with Crippen molar-refractivity contribution in [3.05, 3.63) is 12.8 Å². The van der Waals surface area contributed by atoms with E-state index in [1.807, 2.05) is 0 Å². The molecule has 0 aromatic carbocycles. The molecule has 0 rings (SSSR count). The van der Waals surface area contributed by atoms with E-state index in [2.05, 4.69) is 27.7 Å². The Hall–Kier alpha value is 0. The van der Waals surface area contributed by atoms with Crippen LogP contribution in [0.1, 0.15) is 40.0 Å². The van der Waals surface area contributed by atoms with Crippen molar-refractivity contribution in [2.24, 2.45) is 5.92 Å². The summed E-state index contributed by atoms with van der Waals surface area (Å²) < 4.78 is 0. The standard InChI is InChI=1S/C9H18/c1-5-6-9(4)7-8(2)3/h9H,1,5-7H2,2-4H3. The molecule has 0 aliphatic carbocycles. The highest BCUT2D eigenvalue weighted by Gasteiger charge is 2.02. The Labute approximate surface area is 59.7 Å². The molecule has 0 aromatic rings. The predicted octanol–water partition coefficient (Wildman–Crippen LogP) is 3.24. The van der Waals surface area contributed by atoms with Gasteiger partial charge in [0.25, 0.3) is 0 Å². The van der Waals surface area contributed by atoms with E-state index in [-0.39, 0.29) is 0 Å². The van der Waals surface area contributed by atoms with E-state index in [1.165, 1.54) is 18.8 Å². The zero-order valence-electron chi connectivity index (χ0n) is 6.91. The fourth-order valence-corrected chi connectivity index (χ4v) is 1.15. The van der Waals surface area contributed by atoms with Gasteiger partial charge in [0.1, 0.15) is 0 Å². The smallest absolute Gasteiger partial charge is 0.0300 e. The van der Waals surface area contributed by atoms with Crippen LogP contribution in [0.2, 0.25) is 0 Å². The van der Waals surface area contributed by atoms with Gasteiger partial charge in [-0.25, -0.2) is 0 Å². The molecule has 0 aromatic heterocycles. The first-order valence-electron chi connectivity index (χ1n) is 3.75. The molecule has 2 radical (unpaired) electrons. The van der Waals surface area contributed by atoms with Crippen LogP contribution >= 0.6 is 0 Å². The second-order valence-corrected chi connectivity index (χ2v) is 3.16. The van der Waals surface area contributed by atoms with Crippen LogP contribution < -0.4 is 0 Å². The topological polar surface area (TPSA) is 0 Å². The molecule has 1 unspecified atom stereocenters. The molecular weight excluding hydrogens is 108 g/mol. The third-order valence-corrected chi connectivity index (χ3v) is 1.45. The minimum absolute atomic E-state index is 0.840. The summed E-state index contributed by atoms with van der Waals surface area (Å²) in [6.07, 6.45) is 3.62. The van der Waals surface area contributed by atoms with Crippen molar-refractivity contribution in [3.63, 3.8) is 0 Å². The maximum absolute atomic E-state index is 3.82. The maximum Gasteiger partial charge on any atom is -0.0300 e. The summed E-state index contributed by atoms with van der Waals surface area (Å²) in [5.41, 5.74) is 0. The van der Waals surface area contributed by atoms with Crippen LogP contribution in [0, 0.1) is 18.8 Å². The van der Waals surface area contributed by atoms with Gasteiger partial charge in [-0.2, -0.15) is 0 Å². The summed E-state index contributed by atoms with van der Waals surface area (Å²) in [4.78, 5) is 0. The van der Waals surface area contributed by atoms with E-state index in [9.17, 15) is 0 Å². The molecule has 1 atom stereocenters. The molecule has 0 saturated carbocycles. The second kappa shape index (κ2) is 4.84. The molecule has 0 nitrogen and oxygen atoms in total. The van der Waals surface area contributed by atoms with Gasteiger partial charge >= 0.3 is 0 Å². The molecule has 9 heavy (non-hydrogen) atoms. The molecule has 0 aliphatic heterocycles. The minimum Gasteiger partial charge on any atom is -0.0625 e. The fourth-order valence-electron chi connectivity index (χ4n) is 1.15. The molecule has 0 saturated heterocycles. The predicted molar refractivity (Wildman–Crippen MR) is 43.0 cm³/mol. The summed E-state index contributed by atoms with van der Waals surface area (Å²) in [6, 6.07) is 0. The molecule has 0 bridgehead atoms. The highest BCUT2D eigenvalue weighted by Crippen LogP contribution is 2.16. The van der Waals surface area contributed by atoms with Crippen molar-refractivity contribution in [2.75, 3.05) is 0 Å². The summed E-state index contributed by atoms with van der Waals surface area (Å²) >= 11 is 0. The second-order valence-electron chi connectivity index (χ2n) is 3.16. The average Bonchev–Trinajstić information content (AvgIpc) is 1.63. The van der Waals surface area contributed by atoms with E-state index in [4.69, 9.17) is 0 Å². The zero-order valence-corrected chi connectivity index (χ0v) is 6.91. The lowest BCUT2D eigenvalue weighted by molar-refractivity contribution is 0.507. The molecule has 0 aliphatic rings. The van der Waals surface area contributed by atoms with Crippen molar-refractivity contribution in [1.82, 2.24) is 0 Å². The van der Waals surface area contributed by atoms with Gasteiger partial charge in [0.15, 0.2) is 0 Å². The number of hydrogen-bond acceptors (Lipinski definition) is 0. The van der Waals surface area contributed by atoms with Gasteiger partial charge in [0.2, 0.25) is 0 Å². The molecular formula is C9H18. The summed E-state index contributed by atoms with van der Waals surface area (Å²) in [5, 5.41) is 0. The Morgan fingerprint density at radius 1 is 1.44 bits per heavy atom. The highest BCUT2D eigenvalue weighted by atomic mass is 14.1. The van der Waals surface area contributed by atoms with E-state index in [0.29, 0.717) is 0 Å². The SMILES string of the molecule is [CH2]CCC(C)C[C](C)C. The van der Waals surface area contributed by atoms with E-state index in [0.717, 1.165) is 12.3 Å². The van der Waals surface area contributed by atoms with Crippen molar-refractivity contribution in [1.29, 1.82) is 0 Å². The van der Waals surface area contributed by atoms with E-state index in [1.54, 1.807) is 0 Å². The van der Waals surface area contributed by atoms with E-state index < -0.39 is 0 Å². The molecule has 0 fully saturated rings. The first kappa shape index (κ1) is 9.00. The summed E-state index contributed by atoms with van der Waals surface area (Å²) in [5.74, 6) is 2.38. The van der Waals surface area contributed by atoms with Gasteiger partial charge < -0.3 is 0 Å². The molecule has 0 amide bonds. The van der Waals surface area contributed by atoms with Gasteiger partial charge in [0.05, 0.1) is 0 Å². The van der Waals surface area contributed by atoms with Crippen molar-refractivity contribution < 1.29 is 0 Å². The van der Waals surface area contributed by atoms with Crippen molar-refractivity contribution in [3.8, 4) is 0 Å². The first-order valence-corrected chi connectivity index (χ1v) is 3.75. The Bertz CT molecular complexity index is 55.1. The van der Waals surface area contributed by atoms with E-state index >= 15 is 0 Å². The third-order valence-electron chi connectivity index (χ3n) is 1.45. The third kappa shape index (κ3) is 5.88. The average molecular weight is 126 g/mol. The quantitative estimate of drug-likeness (QED) is 0.542. The van der Waals surface area contributed by atoms with Gasteiger partial charge in [-0.15, -0.1) is 0 Å². The largest absolute Gasteiger partial charge is 0.0625 e. The maximum atomic E-state index is 3.82. The molecule has 54 valence electrons. The van der Waals surface area contributed by atoms with Crippen LogP contribution in [0.4, 0.5) is 0 Å². The molecule has 0 N–H and O–H groups in total. The first-order chi connectivity index (χ1) is 4.16. The van der Waals surface area contributed by atoms with Crippen LogP contribution in [0.3, 0.4) is 0 Å². The summed E-state index contributed by atoms with van der Waals surface area (Å²) in [7, 11) is 0. The van der Waals surface area contributed by atoms with Crippen LogP contribution in [-0.2, 0) is 0 Å². The Morgan fingerprint density at radius 3 is 2.33 bits per heavy atom. The monoisotopic (exact) mass is 126 g/mol.